The standard InChI is InChI=1S/C22H28N4O3/c23-10-11-24-22(29)18-8-4-12-26(15-18)21(28)14-25-20(27)13-17-7-3-6-16-5-1-2-9-19(16)17/h1-3,5-7,9,18H,4,8,10-15,23H2,(H,24,29)(H,25,27). The van der Waals surface area contributed by atoms with Gasteiger partial charge in [0.2, 0.25) is 17.7 Å². The Hall–Kier alpha value is -2.93. The van der Waals surface area contributed by atoms with Gasteiger partial charge in [0.1, 0.15) is 0 Å². The van der Waals surface area contributed by atoms with Crippen molar-refractivity contribution in [2.45, 2.75) is 19.3 Å². The average molecular weight is 396 g/mol. The Kier molecular flexibility index (Phi) is 7.19. The summed E-state index contributed by atoms with van der Waals surface area (Å²) in [4.78, 5) is 38.7. The van der Waals surface area contributed by atoms with Gasteiger partial charge in [0, 0.05) is 26.2 Å². The first-order valence-corrected chi connectivity index (χ1v) is 10.1. The number of piperidine rings is 1. The van der Waals surface area contributed by atoms with Crippen molar-refractivity contribution in [3.8, 4) is 0 Å². The van der Waals surface area contributed by atoms with Gasteiger partial charge in [-0.3, -0.25) is 14.4 Å². The molecular formula is C22H28N4O3. The molecule has 1 aliphatic heterocycles. The SMILES string of the molecule is NCCNC(=O)C1CCCN(C(=O)CNC(=O)Cc2cccc3ccccc23)C1. The van der Waals surface area contributed by atoms with Gasteiger partial charge in [-0.05, 0) is 29.2 Å². The first kappa shape index (κ1) is 20.8. The van der Waals surface area contributed by atoms with Gasteiger partial charge in [-0.15, -0.1) is 0 Å². The number of fused-ring (bicyclic) bond motifs is 1. The number of carbonyl (C=O) groups excluding carboxylic acids is 3. The maximum atomic E-state index is 12.5. The van der Waals surface area contributed by atoms with Crippen molar-refractivity contribution in [1.29, 1.82) is 0 Å². The molecule has 1 atom stereocenters. The summed E-state index contributed by atoms with van der Waals surface area (Å²) in [6.45, 7) is 1.77. The third kappa shape index (κ3) is 5.54. The molecule has 4 N–H and O–H groups in total. The minimum Gasteiger partial charge on any atom is -0.355 e. The fraction of sp³-hybridized carbons (Fsp3) is 0.409. The van der Waals surface area contributed by atoms with Gasteiger partial charge in [0.15, 0.2) is 0 Å². The van der Waals surface area contributed by atoms with Crippen LogP contribution >= 0.6 is 0 Å². The van der Waals surface area contributed by atoms with Crippen LogP contribution in [0.3, 0.4) is 0 Å². The summed E-state index contributed by atoms with van der Waals surface area (Å²) in [6, 6.07) is 13.8. The molecule has 2 aromatic carbocycles. The van der Waals surface area contributed by atoms with E-state index in [4.69, 9.17) is 5.73 Å². The fourth-order valence-electron chi connectivity index (χ4n) is 3.73. The number of amides is 3. The van der Waals surface area contributed by atoms with Crippen LogP contribution < -0.4 is 16.4 Å². The van der Waals surface area contributed by atoms with Crippen LogP contribution in [0.1, 0.15) is 18.4 Å². The molecule has 1 saturated heterocycles. The van der Waals surface area contributed by atoms with E-state index < -0.39 is 0 Å². The molecule has 1 unspecified atom stereocenters. The molecule has 0 aromatic heterocycles. The molecule has 3 amide bonds. The fourth-order valence-corrected chi connectivity index (χ4v) is 3.73. The number of nitrogens with one attached hydrogen (secondary N) is 2. The number of hydrogen-bond acceptors (Lipinski definition) is 4. The third-order valence-electron chi connectivity index (χ3n) is 5.26. The van der Waals surface area contributed by atoms with E-state index in [9.17, 15) is 14.4 Å². The van der Waals surface area contributed by atoms with Crippen LogP contribution in [0.15, 0.2) is 42.5 Å². The van der Waals surface area contributed by atoms with Crippen molar-refractivity contribution in [3.05, 3.63) is 48.0 Å². The Morgan fingerprint density at radius 3 is 2.69 bits per heavy atom. The monoisotopic (exact) mass is 396 g/mol. The highest BCUT2D eigenvalue weighted by Gasteiger charge is 2.28. The van der Waals surface area contributed by atoms with Crippen LogP contribution in [-0.2, 0) is 20.8 Å². The zero-order valence-electron chi connectivity index (χ0n) is 16.5. The van der Waals surface area contributed by atoms with Crippen LogP contribution in [0.5, 0.6) is 0 Å². The van der Waals surface area contributed by atoms with Gasteiger partial charge in [-0.25, -0.2) is 0 Å². The molecule has 2 aromatic rings. The lowest BCUT2D eigenvalue weighted by Gasteiger charge is -2.32. The van der Waals surface area contributed by atoms with Gasteiger partial charge in [-0.1, -0.05) is 42.5 Å². The van der Waals surface area contributed by atoms with Crippen molar-refractivity contribution in [2.24, 2.45) is 11.7 Å². The highest BCUT2D eigenvalue weighted by atomic mass is 16.2. The molecule has 7 heteroatoms. The van der Waals surface area contributed by atoms with E-state index in [2.05, 4.69) is 10.6 Å². The first-order valence-electron chi connectivity index (χ1n) is 10.1. The molecule has 3 rings (SSSR count). The molecule has 0 saturated carbocycles. The molecule has 0 radical (unpaired) electrons. The number of nitrogens with two attached hydrogens (primary N) is 1. The second-order valence-electron chi connectivity index (χ2n) is 7.35. The second-order valence-corrected chi connectivity index (χ2v) is 7.35. The quantitative estimate of drug-likeness (QED) is 0.644. The molecule has 0 bridgehead atoms. The predicted molar refractivity (Wildman–Crippen MR) is 112 cm³/mol. The summed E-state index contributed by atoms with van der Waals surface area (Å²) in [5.41, 5.74) is 6.35. The second kappa shape index (κ2) is 10.0. The number of benzene rings is 2. The highest BCUT2D eigenvalue weighted by Crippen LogP contribution is 2.19. The van der Waals surface area contributed by atoms with Crippen molar-refractivity contribution in [2.75, 3.05) is 32.7 Å². The molecule has 29 heavy (non-hydrogen) atoms. The summed E-state index contributed by atoms with van der Waals surface area (Å²) >= 11 is 0. The lowest BCUT2D eigenvalue weighted by atomic mass is 9.97. The Morgan fingerprint density at radius 1 is 1.07 bits per heavy atom. The molecule has 1 heterocycles. The van der Waals surface area contributed by atoms with Crippen molar-refractivity contribution in [3.63, 3.8) is 0 Å². The molecule has 1 aliphatic rings. The maximum Gasteiger partial charge on any atom is 0.241 e. The van der Waals surface area contributed by atoms with Gasteiger partial charge < -0.3 is 21.3 Å². The van der Waals surface area contributed by atoms with Crippen LogP contribution in [0.2, 0.25) is 0 Å². The van der Waals surface area contributed by atoms with E-state index >= 15 is 0 Å². The normalized spacial score (nSPS) is 16.4. The summed E-state index contributed by atoms with van der Waals surface area (Å²) in [7, 11) is 0. The summed E-state index contributed by atoms with van der Waals surface area (Å²) in [5, 5.41) is 7.63. The number of hydrogen-bond donors (Lipinski definition) is 3. The van der Waals surface area contributed by atoms with E-state index in [1.807, 2.05) is 42.5 Å². The largest absolute Gasteiger partial charge is 0.355 e. The lowest BCUT2D eigenvalue weighted by molar-refractivity contribution is -0.136. The van der Waals surface area contributed by atoms with E-state index in [1.54, 1.807) is 4.90 Å². The average Bonchev–Trinajstić information content (AvgIpc) is 2.76. The molecular weight excluding hydrogens is 368 g/mol. The molecule has 7 nitrogen and oxygen atoms in total. The molecule has 1 fully saturated rings. The zero-order valence-corrected chi connectivity index (χ0v) is 16.5. The van der Waals surface area contributed by atoms with Gasteiger partial charge in [-0.2, -0.15) is 0 Å². The van der Waals surface area contributed by atoms with Gasteiger partial charge >= 0.3 is 0 Å². The van der Waals surface area contributed by atoms with Gasteiger partial charge in [0.05, 0.1) is 18.9 Å². The van der Waals surface area contributed by atoms with Crippen LogP contribution in [-0.4, -0.2) is 55.3 Å². The van der Waals surface area contributed by atoms with Crippen molar-refractivity contribution in [1.82, 2.24) is 15.5 Å². The van der Waals surface area contributed by atoms with Crippen LogP contribution in [0.25, 0.3) is 10.8 Å². The van der Waals surface area contributed by atoms with E-state index in [0.29, 0.717) is 26.2 Å². The number of rotatable bonds is 7. The minimum absolute atomic E-state index is 0.0548. The third-order valence-corrected chi connectivity index (χ3v) is 5.26. The molecule has 154 valence electrons. The minimum atomic E-state index is -0.217. The maximum absolute atomic E-state index is 12.5. The van der Waals surface area contributed by atoms with E-state index in [1.165, 1.54) is 0 Å². The van der Waals surface area contributed by atoms with Crippen molar-refractivity contribution < 1.29 is 14.4 Å². The van der Waals surface area contributed by atoms with E-state index in [-0.39, 0.29) is 36.6 Å². The smallest absolute Gasteiger partial charge is 0.241 e. The Balaban J connectivity index is 1.50. The van der Waals surface area contributed by atoms with Crippen LogP contribution in [0, 0.1) is 5.92 Å². The number of carbonyl (C=O) groups is 3. The molecule has 0 aliphatic carbocycles. The number of nitrogens with zero attached hydrogens (tertiary/aromatic N) is 1. The first-order chi connectivity index (χ1) is 14.1. The summed E-state index contributed by atoms with van der Waals surface area (Å²) < 4.78 is 0. The zero-order chi connectivity index (χ0) is 20.6. The Morgan fingerprint density at radius 2 is 1.86 bits per heavy atom. The summed E-state index contributed by atoms with van der Waals surface area (Å²) in [6.07, 6.45) is 1.75. The van der Waals surface area contributed by atoms with Crippen LogP contribution in [0.4, 0.5) is 0 Å². The molecule has 0 spiro atoms. The summed E-state index contributed by atoms with van der Waals surface area (Å²) in [5.74, 6) is -0.630. The predicted octanol–water partition coefficient (Wildman–Crippen LogP) is 0.812. The Labute approximate surface area is 170 Å². The van der Waals surface area contributed by atoms with Crippen molar-refractivity contribution >= 4 is 28.5 Å². The lowest BCUT2D eigenvalue weighted by Crippen LogP contribution is -2.48. The van der Waals surface area contributed by atoms with Gasteiger partial charge in [0.25, 0.3) is 0 Å². The topological polar surface area (TPSA) is 105 Å². The Bertz CT molecular complexity index is 878. The highest BCUT2D eigenvalue weighted by molar-refractivity contribution is 5.91. The van der Waals surface area contributed by atoms with E-state index in [0.717, 1.165) is 29.2 Å². The number of likely N-dealkylation sites (tertiary alicyclic amines) is 1.